The molecule has 3 rings (SSSR count). The van der Waals surface area contributed by atoms with E-state index in [9.17, 15) is 31.9 Å². The number of para-hydroxylation sites is 1. The number of hydrogen-bond acceptors (Lipinski definition) is 5. The van der Waals surface area contributed by atoms with E-state index in [4.69, 9.17) is 0 Å². The molecule has 0 aliphatic heterocycles. The van der Waals surface area contributed by atoms with Gasteiger partial charge in [0.15, 0.2) is 11.6 Å². The number of nitrogens with one attached hydrogen (secondary N) is 1. The molecule has 0 saturated carbocycles. The SMILES string of the molecule is O=C(NCCCCCc1ccc(-c2noc(C(F)(F)F)n2)c(F)c1F)c1ccccc1O. The molecule has 0 radical (unpaired) electrons. The molecule has 0 unspecified atom stereocenters. The van der Waals surface area contributed by atoms with E-state index in [1.54, 1.807) is 12.1 Å². The Morgan fingerprint density at radius 2 is 1.78 bits per heavy atom. The zero-order valence-electron chi connectivity index (χ0n) is 16.5. The molecule has 1 aromatic heterocycles. The molecule has 0 saturated heterocycles. The van der Waals surface area contributed by atoms with Gasteiger partial charge < -0.3 is 14.9 Å². The summed E-state index contributed by atoms with van der Waals surface area (Å²) in [6.07, 6.45) is -3.03. The molecule has 32 heavy (non-hydrogen) atoms. The van der Waals surface area contributed by atoms with Crippen LogP contribution in [0.2, 0.25) is 0 Å². The molecule has 0 bridgehead atoms. The molecule has 0 fully saturated rings. The van der Waals surface area contributed by atoms with Gasteiger partial charge in [-0.3, -0.25) is 4.79 Å². The molecule has 1 amide bonds. The van der Waals surface area contributed by atoms with Crippen LogP contribution in [0.4, 0.5) is 22.0 Å². The fraction of sp³-hybridized carbons (Fsp3) is 0.286. The van der Waals surface area contributed by atoms with Gasteiger partial charge in [-0.05, 0) is 43.0 Å². The molecule has 0 aliphatic rings. The number of carbonyl (C=O) groups excluding carboxylic acids is 1. The highest BCUT2D eigenvalue weighted by atomic mass is 19.4. The molecule has 0 spiro atoms. The Labute approximate surface area is 179 Å². The minimum Gasteiger partial charge on any atom is -0.507 e. The average Bonchev–Trinajstić information content (AvgIpc) is 3.24. The van der Waals surface area contributed by atoms with E-state index in [2.05, 4.69) is 20.0 Å². The number of phenolic OH excluding ortho intramolecular Hbond substituents is 1. The monoisotopic (exact) mass is 455 g/mol. The first-order valence-electron chi connectivity index (χ1n) is 9.63. The standard InChI is InChI=1S/C21H18F5N3O3/c22-16-12(6-2-1-5-11-27-19(31)13-7-3-4-8-15(13)30)9-10-14(17(16)23)18-28-20(32-29-18)21(24,25)26/h3-4,7-10,30H,1-2,5-6,11H2,(H,27,31). The lowest BCUT2D eigenvalue weighted by atomic mass is 10.0. The van der Waals surface area contributed by atoms with Gasteiger partial charge >= 0.3 is 12.1 Å². The zero-order chi connectivity index (χ0) is 23.3. The van der Waals surface area contributed by atoms with Crippen molar-refractivity contribution in [2.24, 2.45) is 0 Å². The number of aromatic hydroxyl groups is 1. The Morgan fingerprint density at radius 1 is 1.03 bits per heavy atom. The zero-order valence-corrected chi connectivity index (χ0v) is 16.5. The number of alkyl halides is 3. The first-order valence-corrected chi connectivity index (χ1v) is 9.63. The maximum Gasteiger partial charge on any atom is 0.471 e. The lowest BCUT2D eigenvalue weighted by Crippen LogP contribution is -2.24. The van der Waals surface area contributed by atoms with Crippen molar-refractivity contribution in [3.63, 3.8) is 0 Å². The highest BCUT2D eigenvalue weighted by Crippen LogP contribution is 2.31. The third kappa shape index (κ3) is 5.40. The summed E-state index contributed by atoms with van der Waals surface area (Å²) >= 11 is 0. The first kappa shape index (κ1) is 23.2. The van der Waals surface area contributed by atoms with Crippen molar-refractivity contribution in [3.8, 4) is 17.1 Å². The van der Waals surface area contributed by atoms with Crippen molar-refractivity contribution in [1.82, 2.24) is 15.5 Å². The number of aromatic nitrogens is 2. The van der Waals surface area contributed by atoms with Gasteiger partial charge in [0, 0.05) is 6.54 Å². The third-order valence-electron chi connectivity index (χ3n) is 4.63. The number of benzene rings is 2. The Balaban J connectivity index is 1.50. The maximum absolute atomic E-state index is 14.3. The first-order chi connectivity index (χ1) is 15.2. The predicted octanol–water partition coefficient (Wildman–Crippen LogP) is 4.88. The largest absolute Gasteiger partial charge is 0.507 e. The lowest BCUT2D eigenvalue weighted by Gasteiger charge is -2.08. The molecule has 1 heterocycles. The van der Waals surface area contributed by atoms with Crippen LogP contribution >= 0.6 is 0 Å². The summed E-state index contributed by atoms with van der Waals surface area (Å²) in [5, 5.41) is 15.4. The second-order valence-corrected chi connectivity index (χ2v) is 6.90. The van der Waals surface area contributed by atoms with E-state index in [1.807, 2.05) is 0 Å². The van der Waals surface area contributed by atoms with Crippen LogP contribution in [0.5, 0.6) is 5.75 Å². The van der Waals surface area contributed by atoms with Crippen molar-refractivity contribution in [3.05, 3.63) is 65.1 Å². The lowest BCUT2D eigenvalue weighted by molar-refractivity contribution is -0.159. The predicted molar refractivity (Wildman–Crippen MR) is 103 cm³/mol. The van der Waals surface area contributed by atoms with Crippen molar-refractivity contribution < 1.29 is 36.4 Å². The number of aryl methyl sites for hydroxylation is 1. The summed E-state index contributed by atoms with van der Waals surface area (Å²) in [5.74, 6) is -5.42. The highest BCUT2D eigenvalue weighted by molar-refractivity contribution is 5.96. The highest BCUT2D eigenvalue weighted by Gasteiger charge is 2.38. The van der Waals surface area contributed by atoms with Crippen LogP contribution in [0.1, 0.15) is 41.1 Å². The number of hydrogen-bond donors (Lipinski definition) is 2. The molecule has 11 heteroatoms. The van der Waals surface area contributed by atoms with E-state index >= 15 is 0 Å². The molecule has 6 nitrogen and oxygen atoms in total. The second-order valence-electron chi connectivity index (χ2n) is 6.90. The minimum atomic E-state index is -4.89. The summed E-state index contributed by atoms with van der Waals surface area (Å²) in [6.45, 7) is 0.336. The van der Waals surface area contributed by atoms with Crippen molar-refractivity contribution in [2.75, 3.05) is 6.54 Å². The molecule has 2 N–H and O–H groups in total. The van der Waals surface area contributed by atoms with Gasteiger partial charge in [-0.25, -0.2) is 8.78 Å². The quantitative estimate of drug-likeness (QED) is 0.373. The van der Waals surface area contributed by atoms with Gasteiger partial charge in [-0.15, -0.1) is 0 Å². The van der Waals surface area contributed by atoms with Gasteiger partial charge in [-0.2, -0.15) is 18.2 Å². The molecule has 0 atom stereocenters. The molecule has 2 aromatic carbocycles. The van der Waals surface area contributed by atoms with Crippen LogP contribution in [0.3, 0.4) is 0 Å². The van der Waals surface area contributed by atoms with Crippen LogP contribution in [-0.2, 0) is 12.6 Å². The van der Waals surface area contributed by atoms with E-state index in [0.29, 0.717) is 25.8 Å². The van der Waals surface area contributed by atoms with Crippen LogP contribution < -0.4 is 5.32 Å². The van der Waals surface area contributed by atoms with Gasteiger partial charge in [0.25, 0.3) is 5.91 Å². The summed E-state index contributed by atoms with van der Waals surface area (Å²) < 4.78 is 70.3. The van der Waals surface area contributed by atoms with Crippen molar-refractivity contribution in [2.45, 2.75) is 31.9 Å². The van der Waals surface area contributed by atoms with Crippen LogP contribution in [-0.4, -0.2) is 27.7 Å². The number of rotatable bonds is 8. The normalized spacial score (nSPS) is 11.5. The number of unbranched alkanes of at least 4 members (excludes halogenated alkanes) is 2. The summed E-state index contributed by atoms with van der Waals surface area (Å²) in [5.41, 5.74) is -0.310. The molecule has 3 aromatic rings. The van der Waals surface area contributed by atoms with Crippen molar-refractivity contribution >= 4 is 5.91 Å². The van der Waals surface area contributed by atoms with Gasteiger partial charge in [0.1, 0.15) is 5.75 Å². The smallest absolute Gasteiger partial charge is 0.471 e. The summed E-state index contributed by atoms with van der Waals surface area (Å²) in [6, 6.07) is 8.48. The maximum atomic E-state index is 14.3. The molecule has 0 aliphatic carbocycles. The number of nitrogens with zero attached hydrogens (tertiary/aromatic N) is 2. The second kappa shape index (κ2) is 9.75. The number of amides is 1. The van der Waals surface area contributed by atoms with E-state index in [-0.39, 0.29) is 23.3 Å². The van der Waals surface area contributed by atoms with E-state index in [0.717, 1.165) is 6.07 Å². The van der Waals surface area contributed by atoms with Crippen molar-refractivity contribution in [1.29, 1.82) is 0 Å². The van der Waals surface area contributed by atoms with Gasteiger partial charge in [-0.1, -0.05) is 29.8 Å². The van der Waals surface area contributed by atoms with Crippen LogP contribution in [0, 0.1) is 11.6 Å². The third-order valence-corrected chi connectivity index (χ3v) is 4.63. The minimum absolute atomic E-state index is 0.0593. The number of phenols is 1. The van der Waals surface area contributed by atoms with Crippen LogP contribution in [0.15, 0.2) is 40.9 Å². The number of carbonyl (C=O) groups is 1. The Bertz CT molecular complexity index is 1100. The van der Waals surface area contributed by atoms with Gasteiger partial charge in [0.05, 0.1) is 11.1 Å². The Hall–Kier alpha value is -3.50. The van der Waals surface area contributed by atoms with Gasteiger partial charge in [0.2, 0.25) is 5.82 Å². The summed E-state index contributed by atoms with van der Waals surface area (Å²) in [7, 11) is 0. The molecular weight excluding hydrogens is 437 g/mol. The fourth-order valence-electron chi connectivity index (χ4n) is 2.98. The summed E-state index contributed by atoms with van der Waals surface area (Å²) in [4.78, 5) is 15.0. The van der Waals surface area contributed by atoms with E-state index < -0.39 is 41.0 Å². The molecular formula is C21H18F5N3O3. The average molecular weight is 455 g/mol. The number of halogens is 5. The van der Waals surface area contributed by atoms with E-state index in [1.165, 1.54) is 18.2 Å². The van der Waals surface area contributed by atoms with Crippen LogP contribution in [0.25, 0.3) is 11.4 Å². The molecule has 170 valence electrons. The Morgan fingerprint density at radius 3 is 2.47 bits per heavy atom. The topological polar surface area (TPSA) is 88.3 Å². The fourth-order valence-corrected chi connectivity index (χ4v) is 2.98. The Kier molecular flexibility index (Phi) is 7.06.